The number of benzene rings is 2. The number of amides is 2. The fourth-order valence-electron chi connectivity index (χ4n) is 2.55. The van der Waals surface area contributed by atoms with Crippen LogP contribution >= 0.6 is 23.2 Å². The van der Waals surface area contributed by atoms with Crippen molar-refractivity contribution in [3.63, 3.8) is 0 Å². The smallest absolute Gasteiger partial charge is 0.299 e. The van der Waals surface area contributed by atoms with Gasteiger partial charge in [0, 0.05) is 5.69 Å². The van der Waals surface area contributed by atoms with E-state index in [4.69, 9.17) is 23.2 Å². The summed E-state index contributed by atoms with van der Waals surface area (Å²) in [5.41, 5.74) is 1.89. The van der Waals surface area contributed by atoms with Gasteiger partial charge in [0.15, 0.2) is 0 Å². The van der Waals surface area contributed by atoms with Gasteiger partial charge in [0.05, 0.1) is 27.8 Å². The lowest BCUT2D eigenvalue weighted by molar-refractivity contribution is -0.114. The molecule has 0 aromatic heterocycles. The molecule has 2 amide bonds. The van der Waals surface area contributed by atoms with Crippen LogP contribution < -0.4 is 10.2 Å². The maximum Gasteiger partial charge on any atom is 0.299 e. The van der Waals surface area contributed by atoms with Crippen molar-refractivity contribution < 1.29 is 14.4 Å². The van der Waals surface area contributed by atoms with Gasteiger partial charge in [0.1, 0.15) is 0 Å². The first kappa shape index (κ1) is 17.2. The lowest BCUT2D eigenvalue weighted by Crippen LogP contribution is -2.29. The van der Waals surface area contributed by atoms with Crippen LogP contribution in [0.5, 0.6) is 0 Å². The van der Waals surface area contributed by atoms with Crippen molar-refractivity contribution in [3.8, 4) is 0 Å². The summed E-state index contributed by atoms with van der Waals surface area (Å²) in [5.74, 6) is -1.65. The Morgan fingerprint density at radius 2 is 1.88 bits per heavy atom. The van der Waals surface area contributed by atoms with Crippen LogP contribution in [0.2, 0.25) is 10.0 Å². The second-order valence-corrected chi connectivity index (χ2v) is 6.21. The molecule has 0 radical (unpaired) electrons. The largest absolute Gasteiger partial charge is 0.323 e. The highest BCUT2D eigenvalue weighted by Crippen LogP contribution is 2.33. The Labute approximate surface area is 153 Å². The molecule has 0 bridgehead atoms. The number of hydrogen-bond donors (Lipinski definition) is 1. The summed E-state index contributed by atoms with van der Waals surface area (Å²) in [6.07, 6.45) is 1.12. The van der Waals surface area contributed by atoms with Crippen LogP contribution in [0, 0.1) is 0 Å². The monoisotopic (exact) mass is 374 g/mol. The van der Waals surface area contributed by atoms with E-state index in [0.29, 0.717) is 21.4 Å². The first-order valence-corrected chi connectivity index (χ1v) is 8.04. The van der Waals surface area contributed by atoms with Crippen LogP contribution in [0.4, 0.5) is 11.4 Å². The van der Waals surface area contributed by atoms with E-state index in [0.717, 1.165) is 11.6 Å². The molecule has 0 aliphatic carbocycles. The molecular weight excluding hydrogens is 363 g/mol. The van der Waals surface area contributed by atoms with E-state index in [9.17, 15) is 14.4 Å². The van der Waals surface area contributed by atoms with E-state index in [1.54, 1.807) is 30.3 Å². The maximum absolute atomic E-state index is 12.3. The van der Waals surface area contributed by atoms with Crippen molar-refractivity contribution in [3.05, 3.63) is 70.2 Å². The lowest BCUT2D eigenvalue weighted by atomic mass is 10.1. The van der Waals surface area contributed by atoms with Crippen LogP contribution in [0.3, 0.4) is 0 Å². The van der Waals surface area contributed by atoms with Crippen LogP contribution in [-0.4, -0.2) is 17.6 Å². The Balaban J connectivity index is 1.92. The quantitative estimate of drug-likeness (QED) is 0.652. The first-order valence-electron chi connectivity index (χ1n) is 7.28. The predicted octanol–water partition coefficient (Wildman–Crippen LogP) is 3.85. The van der Waals surface area contributed by atoms with Gasteiger partial charge in [0.2, 0.25) is 5.91 Å². The zero-order chi connectivity index (χ0) is 18.1. The van der Waals surface area contributed by atoms with Gasteiger partial charge in [-0.3, -0.25) is 14.4 Å². The average Bonchev–Trinajstić information content (AvgIpc) is 2.83. The Morgan fingerprint density at radius 1 is 1.12 bits per heavy atom. The summed E-state index contributed by atoms with van der Waals surface area (Å²) in [7, 11) is 0. The molecule has 7 heteroatoms. The second kappa shape index (κ2) is 6.70. The predicted molar refractivity (Wildman–Crippen MR) is 97.3 cm³/mol. The van der Waals surface area contributed by atoms with E-state index >= 15 is 0 Å². The zero-order valence-electron chi connectivity index (χ0n) is 12.9. The number of carbonyl (C=O) groups excluding carboxylic acids is 3. The molecule has 5 nitrogen and oxygen atoms in total. The topological polar surface area (TPSA) is 66.5 Å². The Hall–Kier alpha value is -2.63. The van der Waals surface area contributed by atoms with Crippen LogP contribution in [0.15, 0.2) is 49.1 Å². The molecule has 1 aliphatic heterocycles. The summed E-state index contributed by atoms with van der Waals surface area (Å²) in [6, 6.07) is 9.74. The highest BCUT2D eigenvalue weighted by molar-refractivity contribution is 6.52. The van der Waals surface area contributed by atoms with Crippen LogP contribution in [0.25, 0.3) is 0 Å². The lowest BCUT2D eigenvalue weighted by Gasteiger charge is -2.17. The minimum Gasteiger partial charge on any atom is -0.323 e. The SMILES string of the molecule is C=CC(=O)Nc1ccc2c(c1)C(=O)C(=O)N2Cc1ccc(Cl)c(Cl)c1. The molecule has 3 rings (SSSR count). The molecule has 2 aromatic rings. The van der Waals surface area contributed by atoms with Gasteiger partial charge in [-0.05, 0) is 42.0 Å². The van der Waals surface area contributed by atoms with Gasteiger partial charge >= 0.3 is 0 Å². The first-order chi connectivity index (χ1) is 11.9. The van der Waals surface area contributed by atoms with E-state index in [2.05, 4.69) is 11.9 Å². The van der Waals surface area contributed by atoms with Crippen molar-refractivity contribution >= 4 is 52.2 Å². The number of hydrogen-bond acceptors (Lipinski definition) is 3. The van der Waals surface area contributed by atoms with Gasteiger partial charge in [-0.1, -0.05) is 35.8 Å². The standard InChI is InChI=1S/C18H12Cl2N2O3/c1-2-16(23)21-11-4-6-15-12(8-11)17(24)18(25)22(15)9-10-3-5-13(19)14(20)7-10/h2-8H,1,9H2,(H,21,23). The van der Waals surface area contributed by atoms with Crippen molar-refractivity contribution in [2.75, 3.05) is 10.2 Å². The molecule has 0 spiro atoms. The van der Waals surface area contributed by atoms with Gasteiger partial charge in [-0.15, -0.1) is 0 Å². The molecule has 126 valence electrons. The van der Waals surface area contributed by atoms with Gasteiger partial charge in [-0.25, -0.2) is 0 Å². The number of carbonyl (C=O) groups is 3. The normalized spacial score (nSPS) is 13.0. The Morgan fingerprint density at radius 3 is 2.56 bits per heavy atom. The number of nitrogens with zero attached hydrogens (tertiary/aromatic N) is 1. The third-order valence-electron chi connectivity index (χ3n) is 3.75. The fraction of sp³-hybridized carbons (Fsp3) is 0.0556. The minimum absolute atomic E-state index is 0.187. The molecule has 0 fully saturated rings. The number of fused-ring (bicyclic) bond motifs is 1. The zero-order valence-corrected chi connectivity index (χ0v) is 14.4. The average molecular weight is 375 g/mol. The second-order valence-electron chi connectivity index (χ2n) is 5.39. The summed E-state index contributed by atoms with van der Waals surface area (Å²) in [6.45, 7) is 3.55. The molecule has 25 heavy (non-hydrogen) atoms. The number of halogens is 2. The molecule has 2 aromatic carbocycles. The van der Waals surface area contributed by atoms with Crippen molar-refractivity contribution in [2.24, 2.45) is 0 Å². The molecule has 0 saturated carbocycles. The van der Waals surface area contributed by atoms with Gasteiger partial charge < -0.3 is 10.2 Å². The van der Waals surface area contributed by atoms with Crippen molar-refractivity contribution in [1.29, 1.82) is 0 Å². The van der Waals surface area contributed by atoms with E-state index in [1.165, 1.54) is 11.0 Å². The third kappa shape index (κ3) is 3.29. The Kier molecular flexibility index (Phi) is 4.61. The Bertz CT molecular complexity index is 925. The molecule has 0 saturated heterocycles. The fourth-order valence-corrected chi connectivity index (χ4v) is 2.87. The van der Waals surface area contributed by atoms with Gasteiger partial charge in [-0.2, -0.15) is 0 Å². The molecule has 1 aliphatic rings. The summed E-state index contributed by atoms with van der Waals surface area (Å²) in [4.78, 5) is 37.3. The molecule has 0 unspecified atom stereocenters. The van der Waals surface area contributed by atoms with E-state index in [1.807, 2.05) is 0 Å². The van der Waals surface area contributed by atoms with E-state index < -0.39 is 17.6 Å². The highest BCUT2D eigenvalue weighted by Gasteiger charge is 2.36. The van der Waals surface area contributed by atoms with Crippen molar-refractivity contribution in [2.45, 2.75) is 6.54 Å². The minimum atomic E-state index is -0.631. The number of nitrogens with one attached hydrogen (secondary N) is 1. The van der Waals surface area contributed by atoms with Gasteiger partial charge in [0.25, 0.3) is 11.7 Å². The highest BCUT2D eigenvalue weighted by atomic mass is 35.5. The maximum atomic E-state index is 12.3. The van der Waals surface area contributed by atoms with Crippen LogP contribution in [-0.2, 0) is 16.1 Å². The summed E-state index contributed by atoms with van der Waals surface area (Å²) < 4.78 is 0. The van der Waals surface area contributed by atoms with E-state index in [-0.39, 0.29) is 12.1 Å². The van der Waals surface area contributed by atoms with Crippen LogP contribution in [0.1, 0.15) is 15.9 Å². The summed E-state index contributed by atoms with van der Waals surface area (Å²) >= 11 is 11.9. The summed E-state index contributed by atoms with van der Waals surface area (Å²) in [5, 5.41) is 3.35. The number of anilines is 2. The third-order valence-corrected chi connectivity index (χ3v) is 4.49. The molecule has 0 atom stereocenters. The molecule has 1 N–H and O–H groups in total. The number of Topliss-reactive ketones (excluding diaryl/α,β-unsaturated/α-hetero) is 1. The van der Waals surface area contributed by atoms with Crippen molar-refractivity contribution in [1.82, 2.24) is 0 Å². The molecular formula is C18H12Cl2N2O3. The number of ketones is 1. The number of rotatable bonds is 4. The molecule has 1 heterocycles.